The molecule has 3 nitrogen and oxygen atoms in total. The Morgan fingerprint density at radius 1 is 1.24 bits per heavy atom. The van der Waals surface area contributed by atoms with Crippen molar-refractivity contribution < 1.29 is 9.90 Å². The van der Waals surface area contributed by atoms with Crippen LogP contribution in [-0.2, 0) is 6.42 Å². The van der Waals surface area contributed by atoms with E-state index in [0.29, 0.717) is 11.6 Å². The molecule has 1 aromatic rings. The van der Waals surface area contributed by atoms with E-state index in [-0.39, 0.29) is 0 Å². The van der Waals surface area contributed by atoms with E-state index in [4.69, 9.17) is 0 Å². The van der Waals surface area contributed by atoms with Gasteiger partial charge in [-0.2, -0.15) is 0 Å². The Morgan fingerprint density at radius 3 is 2.71 bits per heavy atom. The van der Waals surface area contributed by atoms with Crippen molar-refractivity contribution in [3.63, 3.8) is 0 Å². The summed E-state index contributed by atoms with van der Waals surface area (Å²) < 4.78 is 0. The van der Waals surface area contributed by atoms with Gasteiger partial charge in [0, 0.05) is 18.3 Å². The molecule has 0 saturated heterocycles. The van der Waals surface area contributed by atoms with Crippen LogP contribution < -0.4 is 4.90 Å². The number of hydrogen-bond donors (Lipinski definition) is 1. The van der Waals surface area contributed by atoms with Crippen LogP contribution in [-0.4, -0.2) is 23.7 Å². The lowest BCUT2D eigenvalue weighted by molar-refractivity contribution is 0.0695. The van der Waals surface area contributed by atoms with E-state index in [9.17, 15) is 9.90 Å². The van der Waals surface area contributed by atoms with Crippen LogP contribution in [0.3, 0.4) is 0 Å². The number of carboxylic acid groups (broad SMARTS) is 1. The molecule has 0 bridgehead atoms. The van der Waals surface area contributed by atoms with E-state index in [2.05, 4.69) is 17.9 Å². The van der Waals surface area contributed by atoms with Crippen molar-refractivity contribution >= 4 is 11.7 Å². The third-order valence-electron chi connectivity index (χ3n) is 5.34. The molecule has 0 radical (unpaired) electrons. The summed E-state index contributed by atoms with van der Waals surface area (Å²) in [5, 5.41) is 9.40. The first-order valence-electron chi connectivity index (χ1n) is 8.30. The minimum Gasteiger partial charge on any atom is -0.478 e. The molecule has 1 fully saturated rings. The number of hydrogen-bond acceptors (Lipinski definition) is 2. The molecular formula is C18H25NO2. The zero-order valence-electron chi connectivity index (χ0n) is 12.8. The van der Waals surface area contributed by atoms with Crippen LogP contribution in [0.4, 0.5) is 5.69 Å². The molecule has 3 heteroatoms. The van der Waals surface area contributed by atoms with E-state index in [1.54, 1.807) is 6.07 Å². The molecule has 0 spiro atoms. The molecular weight excluding hydrogens is 262 g/mol. The zero-order valence-corrected chi connectivity index (χ0v) is 12.8. The second-order valence-corrected chi connectivity index (χ2v) is 6.54. The Bertz CT molecular complexity index is 520. The van der Waals surface area contributed by atoms with Gasteiger partial charge in [-0.1, -0.05) is 25.3 Å². The lowest BCUT2D eigenvalue weighted by Crippen LogP contribution is -2.42. The fourth-order valence-electron chi connectivity index (χ4n) is 4.15. The molecule has 1 aliphatic carbocycles. The number of carboxylic acids is 1. The van der Waals surface area contributed by atoms with Gasteiger partial charge in [0.2, 0.25) is 0 Å². The topological polar surface area (TPSA) is 40.5 Å². The average molecular weight is 287 g/mol. The summed E-state index contributed by atoms with van der Waals surface area (Å²) in [5.41, 5.74) is 2.70. The fourth-order valence-corrected chi connectivity index (χ4v) is 4.15. The number of rotatable bonds is 3. The van der Waals surface area contributed by atoms with Gasteiger partial charge in [0.25, 0.3) is 0 Å². The van der Waals surface area contributed by atoms with Crippen molar-refractivity contribution in [3.8, 4) is 0 Å². The van der Waals surface area contributed by atoms with Gasteiger partial charge >= 0.3 is 5.97 Å². The van der Waals surface area contributed by atoms with Crippen LogP contribution in [0.15, 0.2) is 18.2 Å². The monoisotopic (exact) mass is 287 g/mol. The van der Waals surface area contributed by atoms with E-state index < -0.39 is 5.97 Å². The molecule has 1 saturated carbocycles. The van der Waals surface area contributed by atoms with Gasteiger partial charge in [0.1, 0.15) is 0 Å². The van der Waals surface area contributed by atoms with Crippen molar-refractivity contribution in [1.29, 1.82) is 0 Å². The maximum atomic E-state index is 11.4. The van der Waals surface area contributed by atoms with Gasteiger partial charge < -0.3 is 10.0 Å². The third kappa shape index (κ3) is 2.78. The second-order valence-electron chi connectivity index (χ2n) is 6.54. The highest BCUT2D eigenvalue weighted by Crippen LogP contribution is 2.36. The van der Waals surface area contributed by atoms with Crippen LogP contribution in [0.2, 0.25) is 0 Å². The first-order chi connectivity index (χ1) is 10.2. The summed E-state index contributed by atoms with van der Waals surface area (Å²) in [5.74, 6) is -0.0304. The first kappa shape index (κ1) is 14.4. The Balaban J connectivity index is 1.89. The van der Waals surface area contributed by atoms with Crippen LogP contribution in [0.1, 0.15) is 61.4 Å². The van der Waals surface area contributed by atoms with Crippen LogP contribution >= 0.6 is 0 Å². The van der Waals surface area contributed by atoms with Crippen molar-refractivity contribution in [3.05, 3.63) is 29.3 Å². The highest BCUT2D eigenvalue weighted by molar-refractivity contribution is 5.91. The van der Waals surface area contributed by atoms with Crippen molar-refractivity contribution in [1.82, 2.24) is 0 Å². The molecule has 0 amide bonds. The molecule has 1 aromatic carbocycles. The number of anilines is 1. The zero-order chi connectivity index (χ0) is 14.8. The quantitative estimate of drug-likeness (QED) is 0.909. The standard InChI is InChI=1S/C18H25NO2/c1-13(14-7-3-2-4-8-14)19-12-6-10-15-16(18(20)21)9-5-11-17(15)19/h5,9,11,13-14H,2-4,6-8,10,12H2,1H3,(H,20,21). The Hall–Kier alpha value is -1.51. The summed E-state index contributed by atoms with van der Waals surface area (Å²) in [6.07, 6.45) is 8.69. The van der Waals surface area contributed by atoms with Crippen LogP contribution in [0.5, 0.6) is 0 Å². The number of benzene rings is 1. The molecule has 21 heavy (non-hydrogen) atoms. The Kier molecular flexibility index (Phi) is 4.18. The number of carbonyl (C=O) groups is 1. The summed E-state index contributed by atoms with van der Waals surface area (Å²) in [6.45, 7) is 3.40. The van der Waals surface area contributed by atoms with Gasteiger partial charge in [-0.05, 0) is 56.2 Å². The fraction of sp³-hybridized carbons (Fsp3) is 0.611. The van der Waals surface area contributed by atoms with Crippen LogP contribution in [0.25, 0.3) is 0 Å². The molecule has 1 unspecified atom stereocenters. The van der Waals surface area contributed by atoms with E-state index >= 15 is 0 Å². The largest absolute Gasteiger partial charge is 0.478 e. The molecule has 114 valence electrons. The lowest BCUT2D eigenvalue weighted by Gasteiger charge is -2.41. The van der Waals surface area contributed by atoms with Crippen molar-refractivity contribution in [2.75, 3.05) is 11.4 Å². The molecule has 3 rings (SSSR count). The van der Waals surface area contributed by atoms with Gasteiger partial charge in [-0.3, -0.25) is 0 Å². The smallest absolute Gasteiger partial charge is 0.336 e. The van der Waals surface area contributed by atoms with Gasteiger partial charge in [0.15, 0.2) is 0 Å². The van der Waals surface area contributed by atoms with Crippen molar-refractivity contribution in [2.24, 2.45) is 5.92 Å². The predicted octanol–water partition coefficient (Wildman–Crippen LogP) is 4.11. The summed E-state index contributed by atoms with van der Waals surface area (Å²) in [7, 11) is 0. The SMILES string of the molecule is CC(C1CCCCC1)N1CCCc2c(C(=O)O)cccc21. The molecule has 0 aromatic heterocycles. The summed E-state index contributed by atoms with van der Waals surface area (Å²) >= 11 is 0. The van der Waals surface area contributed by atoms with Gasteiger partial charge in [-0.25, -0.2) is 4.79 Å². The Labute approximate surface area is 127 Å². The second kappa shape index (κ2) is 6.08. The minimum absolute atomic E-state index is 0.494. The average Bonchev–Trinajstić information content (AvgIpc) is 2.53. The predicted molar refractivity (Wildman–Crippen MR) is 85.1 cm³/mol. The summed E-state index contributed by atoms with van der Waals surface area (Å²) in [4.78, 5) is 13.9. The minimum atomic E-state index is -0.793. The molecule has 1 N–H and O–H groups in total. The molecule has 1 heterocycles. The van der Waals surface area contributed by atoms with E-state index in [0.717, 1.165) is 30.9 Å². The first-order valence-corrected chi connectivity index (χ1v) is 8.30. The van der Waals surface area contributed by atoms with E-state index in [1.807, 2.05) is 6.07 Å². The summed E-state index contributed by atoms with van der Waals surface area (Å²) in [6, 6.07) is 6.28. The maximum absolute atomic E-state index is 11.4. The van der Waals surface area contributed by atoms with E-state index in [1.165, 1.54) is 37.8 Å². The van der Waals surface area contributed by atoms with Crippen LogP contribution in [0, 0.1) is 5.92 Å². The third-order valence-corrected chi connectivity index (χ3v) is 5.34. The number of fused-ring (bicyclic) bond motifs is 1. The van der Waals surface area contributed by atoms with Gasteiger partial charge in [-0.15, -0.1) is 0 Å². The highest BCUT2D eigenvalue weighted by Gasteiger charge is 2.29. The molecule has 1 aliphatic heterocycles. The van der Waals surface area contributed by atoms with Crippen molar-refractivity contribution in [2.45, 2.75) is 57.9 Å². The maximum Gasteiger partial charge on any atom is 0.336 e. The number of aromatic carboxylic acids is 1. The van der Waals surface area contributed by atoms with Gasteiger partial charge in [0.05, 0.1) is 5.56 Å². The normalized spacial score (nSPS) is 20.9. The highest BCUT2D eigenvalue weighted by atomic mass is 16.4. The lowest BCUT2D eigenvalue weighted by atomic mass is 9.82. The Morgan fingerprint density at radius 2 is 2.00 bits per heavy atom. The molecule has 1 atom stereocenters. The number of nitrogens with zero attached hydrogens (tertiary/aromatic N) is 1. The molecule has 2 aliphatic rings.